The fourth-order valence-corrected chi connectivity index (χ4v) is 2.31. The Morgan fingerprint density at radius 2 is 1.79 bits per heavy atom. The van der Waals surface area contributed by atoms with Crippen LogP contribution < -0.4 is 4.74 Å². The molecule has 0 atom stereocenters. The third-order valence-corrected chi connectivity index (χ3v) is 3.98. The quantitative estimate of drug-likeness (QED) is 0.347. The molecule has 1 rings (SSSR count). The number of carbonyl (C=O) groups excluding carboxylic acids is 2. The lowest BCUT2D eigenvalue weighted by Gasteiger charge is -2.24. The van der Waals surface area contributed by atoms with Crippen LogP contribution >= 0.6 is 34.8 Å². The lowest BCUT2D eigenvalue weighted by molar-refractivity contribution is -0.150. The predicted molar refractivity (Wildman–Crippen MR) is 76.0 cm³/mol. The number of benzene rings is 1. The predicted octanol–water partition coefficient (Wildman–Crippen LogP) is 4.47. The van der Waals surface area contributed by atoms with Gasteiger partial charge in [-0.2, -0.15) is 0 Å². The molecule has 0 spiro atoms. The van der Waals surface area contributed by atoms with E-state index in [0.717, 1.165) is 0 Å². The highest BCUT2D eigenvalue weighted by atomic mass is 35.5. The molecule has 3 nitrogen and oxygen atoms in total. The van der Waals surface area contributed by atoms with Crippen molar-refractivity contribution in [1.29, 1.82) is 0 Å². The fourth-order valence-electron chi connectivity index (χ4n) is 1.65. The SMILES string of the molecule is CCC(CC)(C(=O)Cl)C(=O)Oc1cc(Cl)ccc1Cl. The lowest BCUT2D eigenvalue weighted by Crippen LogP contribution is -2.39. The summed E-state index contributed by atoms with van der Waals surface area (Å²) in [6, 6.07) is 4.49. The molecule has 0 unspecified atom stereocenters. The van der Waals surface area contributed by atoms with Gasteiger partial charge in [-0.15, -0.1) is 0 Å². The molecule has 1 aromatic rings. The normalized spacial score (nSPS) is 11.2. The molecule has 0 aromatic heterocycles. The van der Waals surface area contributed by atoms with Gasteiger partial charge in [0.1, 0.15) is 5.41 Å². The lowest BCUT2D eigenvalue weighted by atomic mass is 9.84. The fraction of sp³-hybridized carbons (Fsp3) is 0.385. The molecule has 0 saturated heterocycles. The van der Waals surface area contributed by atoms with E-state index >= 15 is 0 Å². The van der Waals surface area contributed by atoms with E-state index < -0.39 is 16.6 Å². The second kappa shape index (κ2) is 6.60. The van der Waals surface area contributed by atoms with E-state index in [1.54, 1.807) is 19.9 Å². The van der Waals surface area contributed by atoms with Gasteiger partial charge in [0.2, 0.25) is 5.24 Å². The highest BCUT2D eigenvalue weighted by molar-refractivity contribution is 6.66. The van der Waals surface area contributed by atoms with E-state index in [0.29, 0.717) is 5.02 Å². The van der Waals surface area contributed by atoms with Gasteiger partial charge in [-0.1, -0.05) is 37.0 Å². The van der Waals surface area contributed by atoms with Crippen LogP contribution in [0.2, 0.25) is 10.0 Å². The van der Waals surface area contributed by atoms with Crippen molar-refractivity contribution in [2.75, 3.05) is 0 Å². The molecule has 0 fully saturated rings. The van der Waals surface area contributed by atoms with Crippen molar-refractivity contribution in [3.05, 3.63) is 28.2 Å². The molecule has 0 saturated carbocycles. The first kappa shape index (κ1) is 16.3. The van der Waals surface area contributed by atoms with Gasteiger partial charge in [0.25, 0.3) is 0 Å². The van der Waals surface area contributed by atoms with Crippen molar-refractivity contribution in [2.24, 2.45) is 5.41 Å². The number of hydrogen-bond donors (Lipinski definition) is 0. The van der Waals surface area contributed by atoms with Crippen molar-refractivity contribution in [3.8, 4) is 5.75 Å². The van der Waals surface area contributed by atoms with Crippen molar-refractivity contribution in [2.45, 2.75) is 26.7 Å². The number of rotatable bonds is 5. The van der Waals surface area contributed by atoms with Crippen LogP contribution in [0.25, 0.3) is 0 Å². The second-order valence-electron chi connectivity index (χ2n) is 4.03. The maximum absolute atomic E-state index is 12.2. The molecule has 1 aromatic carbocycles. The molecule has 104 valence electrons. The van der Waals surface area contributed by atoms with E-state index in [2.05, 4.69) is 0 Å². The average Bonchev–Trinajstić information content (AvgIpc) is 2.35. The molecule has 0 N–H and O–H groups in total. The summed E-state index contributed by atoms with van der Waals surface area (Å²) in [6.07, 6.45) is 0.506. The summed E-state index contributed by atoms with van der Waals surface area (Å²) in [5.74, 6) is -0.606. The molecule has 0 heterocycles. The Kier molecular flexibility index (Phi) is 5.65. The van der Waals surface area contributed by atoms with Gasteiger partial charge in [0.15, 0.2) is 5.75 Å². The van der Waals surface area contributed by atoms with Crippen LogP contribution in [0.15, 0.2) is 18.2 Å². The van der Waals surface area contributed by atoms with E-state index in [9.17, 15) is 9.59 Å². The Bertz CT molecular complexity index is 496. The number of esters is 1. The molecule has 0 aliphatic heterocycles. The Morgan fingerprint density at radius 1 is 1.21 bits per heavy atom. The summed E-state index contributed by atoms with van der Waals surface area (Å²) >= 11 is 17.2. The minimum Gasteiger partial charge on any atom is -0.424 e. The van der Waals surface area contributed by atoms with Crippen LogP contribution in [0.3, 0.4) is 0 Å². The third-order valence-electron chi connectivity index (χ3n) is 3.07. The first-order chi connectivity index (χ1) is 8.87. The van der Waals surface area contributed by atoms with Crippen LogP contribution in [0.4, 0.5) is 0 Å². The van der Waals surface area contributed by atoms with Gasteiger partial charge in [0, 0.05) is 11.1 Å². The monoisotopic (exact) mass is 322 g/mol. The topological polar surface area (TPSA) is 43.4 Å². The Hall–Kier alpha value is -0.770. The Labute approximate surface area is 126 Å². The van der Waals surface area contributed by atoms with Crippen LogP contribution in [0.5, 0.6) is 5.75 Å². The number of ether oxygens (including phenoxy) is 1. The van der Waals surface area contributed by atoms with Crippen LogP contribution in [-0.4, -0.2) is 11.2 Å². The van der Waals surface area contributed by atoms with E-state index in [-0.39, 0.29) is 23.6 Å². The maximum atomic E-state index is 12.2. The van der Waals surface area contributed by atoms with E-state index in [4.69, 9.17) is 39.5 Å². The van der Waals surface area contributed by atoms with Gasteiger partial charge in [-0.3, -0.25) is 9.59 Å². The zero-order chi connectivity index (χ0) is 14.6. The highest BCUT2D eigenvalue weighted by Gasteiger charge is 2.43. The molecule has 0 aliphatic rings. The van der Waals surface area contributed by atoms with Gasteiger partial charge >= 0.3 is 5.97 Å². The third kappa shape index (κ3) is 3.41. The molecule has 0 bridgehead atoms. The molecular formula is C13H13Cl3O3. The van der Waals surface area contributed by atoms with Crippen LogP contribution in [0, 0.1) is 5.41 Å². The smallest absolute Gasteiger partial charge is 0.326 e. The molecule has 0 radical (unpaired) electrons. The first-order valence-electron chi connectivity index (χ1n) is 5.74. The van der Waals surface area contributed by atoms with Crippen LogP contribution in [-0.2, 0) is 9.59 Å². The van der Waals surface area contributed by atoms with Crippen molar-refractivity contribution >= 4 is 46.0 Å². The van der Waals surface area contributed by atoms with Crippen molar-refractivity contribution < 1.29 is 14.3 Å². The average molecular weight is 324 g/mol. The molecule has 19 heavy (non-hydrogen) atoms. The number of carbonyl (C=O) groups is 2. The molecule has 6 heteroatoms. The standard InChI is InChI=1S/C13H13Cl3O3/c1-3-13(4-2,11(16)17)12(18)19-10-7-8(14)5-6-9(10)15/h5-7H,3-4H2,1-2H3. The molecule has 0 aliphatic carbocycles. The van der Waals surface area contributed by atoms with Crippen LogP contribution in [0.1, 0.15) is 26.7 Å². The van der Waals surface area contributed by atoms with Gasteiger partial charge in [-0.05, 0) is 36.6 Å². The Morgan fingerprint density at radius 3 is 2.26 bits per heavy atom. The van der Waals surface area contributed by atoms with E-state index in [1.165, 1.54) is 12.1 Å². The maximum Gasteiger partial charge on any atom is 0.326 e. The minimum atomic E-state index is -1.35. The van der Waals surface area contributed by atoms with Gasteiger partial charge < -0.3 is 4.74 Å². The summed E-state index contributed by atoms with van der Waals surface area (Å²) in [5, 5.41) is -0.121. The number of halogens is 3. The second-order valence-corrected chi connectivity index (χ2v) is 5.21. The molecule has 0 amide bonds. The zero-order valence-electron chi connectivity index (χ0n) is 10.5. The summed E-state index contributed by atoms with van der Waals surface area (Å²) in [6.45, 7) is 3.40. The van der Waals surface area contributed by atoms with Crippen molar-refractivity contribution in [1.82, 2.24) is 0 Å². The summed E-state index contributed by atoms with van der Waals surface area (Å²) in [7, 11) is 0. The van der Waals surface area contributed by atoms with Gasteiger partial charge in [0.05, 0.1) is 5.02 Å². The largest absolute Gasteiger partial charge is 0.424 e. The van der Waals surface area contributed by atoms with Crippen molar-refractivity contribution in [3.63, 3.8) is 0 Å². The summed E-state index contributed by atoms with van der Waals surface area (Å²) < 4.78 is 5.17. The van der Waals surface area contributed by atoms with E-state index in [1.807, 2.05) is 0 Å². The zero-order valence-corrected chi connectivity index (χ0v) is 12.8. The summed E-state index contributed by atoms with van der Waals surface area (Å²) in [4.78, 5) is 23.7. The first-order valence-corrected chi connectivity index (χ1v) is 6.88. The Balaban J connectivity index is 3.07. The minimum absolute atomic E-state index is 0.114. The number of hydrogen-bond acceptors (Lipinski definition) is 3. The summed E-state index contributed by atoms with van der Waals surface area (Å²) in [5.41, 5.74) is -1.35. The van der Waals surface area contributed by atoms with Gasteiger partial charge in [-0.25, -0.2) is 0 Å². The highest BCUT2D eigenvalue weighted by Crippen LogP contribution is 2.34. The molecular weight excluding hydrogens is 310 g/mol.